The third-order valence-electron chi connectivity index (χ3n) is 3.45. The van der Waals surface area contributed by atoms with E-state index in [1.165, 1.54) is 0 Å². The third kappa shape index (κ3) is 4.64. The van der Waals surface area contributed by atoms with Crippen LogP contribution in [0.15, 0.2) is 0 Å². The van der Waals surface area contributed by atoms with E-state index in [1.54, 1.807) is 0 Å². The van der Waals surface area contributed by atoms with E-state index in [2.05, 4.69) is 5.32 Å². The molecule has 0 spiro atoms. The van der Waals surface area contributed by atoms with Gasteiger partial charge in [-0.15, -0.1) is 0 Å². The minimum absolute atomic E-state index is 0.227. The lowest BCUT2D eigenvalue weighted by Crippen LogP contribution is -2.47. The Balaban J connectivity index is 2.48. The molecule has 0 saturated heterocycles. The van der Waals surface area contributed by atoms with Crippen molar-refractivity contribution in [2.24, 2.45) is 11.7 Å². The van der Waals surface area contributed by atoms with Gasteiger partial charge in [0.1, 0.15) is 6.04 Å². The molecule has 18 heavy (non-hydrogen) atoms. The zero-order chi connectivity index (χ0) is 13.8. The van der Waals surface area contributed by atoms with Crippen molar-refractivity contribution in [2.75, 3.05) is 0 Å². The van der Waals surface area contributed by atoms with Gasteiger partial charge in [0, 0.05) is 12.0 Å². The Morgan fingerprint density at radius 1 is 1.33 bits per heavy atom. The molecule has 1 amide bonds. The van der Waals surface area contributed by atoms with Crippen LogP contribution < -0.4 is 11.1 Å². The van der Waals surface area contributed by atoms with E-state index < -0.39 is 17.6 Å². The maximum atomic E-state index is 11.8. The average Bonchev–Trinajstić information content (AvgIpc) is 2.62. The molecule has 5 heteroatoms. The lowest BCUT2D eigenvalue weighted by atomic mass is 9.94. The molecular formula is C13H24N2O3. The van der Waals surface area contributed by atoms with Gasteiger partial charge in [0.15, 0.2) is 0 Å². The molecule has 0 aliphatic heterocycles. The summed E-state index contributed by atoms with van der Waals surface area (Å²) < 4.78 is 0. The van der Waals surface area contributed by atoms with Gasteiger partial charge in [-0.05, 0) is 25.2 Å². The van der Waals surface area contributed by atoms with Crippen LogP contribution in [0.5, 0.6) is 0 Å². The minimum atomic E-state index is -0.977. The molecule has 5 nitrogen and oxygen atoms in total. The molecule has 4 N–H and O–H groups in total. The van der Waals surface area contributed by atoms with Crippen LogP contribution in [-0.2, 0) is 9.59 Å². The number of hydrogen-bond donors (Lipinski definition) is 3. The van der Waals surface area contributed by atoms with Crippen LogP contribution in [0.1, 0.15) is 52.4 Å². The van der Waals surface area contributed by atoms with Gasteiger partial charge < -0.3 is 16.2 Å². The highest BCUT2D eigenvalue weighted by Crippen LogP contribution is 2.29. The summed E-state index contributed by atoms with van der Waals surface area (Å²) in [7, 11) is 0. The Morgan fingerprint density at radius 3 is 2.33 bits per heavy atom. The second kappa shape index (κ2) is 6.18. The number of carboxylic acid groups (broad SMARTS) is 1. The summed E-state index contributed by atoms with van der Waals surface area (Å²) in [6, 6.07) is -0.803. The highest BCUT2D eigenvalue weighted by atomic mass is 16.4. The molecule has 0 aromatic rings. The molecule has 1 saturated carbocycles. The van der Waals surface area contributed by atoms with E-state index >= 15 is 0 Å². The second-order valence-electron chi connectivity index (χ2n) is 5.83. The van der Waals surface area contributed by atoms with Crippen LogP contribution in [0, 0.1) is 5.92 Å². The normalized spacial score (nSPS) is 19.8. The molecule has 1 fully saturated rings. The molecule has 104 valence electrons. The maximum Gasteiger partial charge on any atom is 0.326 e. The summed E-state index contributed by atoms with van der Waals surface area (Å²) in [6.45, 7) is 3.87. The van der Waals surface area contributed by atoms with Gasteiger partial charge in [-0.1, -0.05) is 26.7 Å². The molecule has 0 bridgehead atoms. The van der Waals surface area contributed by atoms with Crippen molar-refractivity contribution in [1.29, 1.82) is 0 Å². The summed E-state index contributed by atoms with van der Waals surface area (Å²) in [5.74, 6) is -0.994. The molecule has 0 aromatic carbocycles. The van der Waals surface area contributed by atoms with Crippen LogP contribution >= 0.6 is 0 Å². The molecule has 1 rings (SSSR count). The summed E-state index contributed by atoms with van der Waals surface area (Å²) in [5, 5.41) is 11.6. The van der Waals surface area contributed by atoms with Gasteiger partial charge in [-0.25, -0.2) is 4.79 Å². The van der Waals surface area contributed by atoms with Crippen LogP contribution in [0.25, 0.3) is 0 Å². The van der Waals surface area contributed by atoms with Crippen molar-refractivity contribution in [2.45, 2.75) is 64.0 Å². The zero-order valence-corrected chi connectivity index (χ0v) is 11.2. The minimum Gasteiger partial charge on any atom is -0.480 e. The standard InChI is InChI=1S/C13H24N2O3/c1-9(2)7-10(12(17)18)15-11(16)8-13(14)5-3-4-6-13/h9-10H,3-8,14H2,1-2H3,(H,15,16)(H,17,18). The smallest absolute Gasteiger partial charge is 0.326 e. The van der Waals surface area contributed by atoms with Gasteiger partial charge >= 0.3 is 5.97 Å². The monoisotopic (exact) mass is 256 g/mol. The number of nitrogens with two attached hydrogens (primary N) is 1. The van der Waals surface area contributed by atoms with Crippen molar-refractivity contribution in [3.05, 3.63) is 0 Å². The van der Waals surface area contributed by atoms with Gasteiger partial charge in [0.05, 0.1) is 0 Å². The molecule has 1 atom stereocenters. The van der Waals surface area contributed by atoms with E-state index in [4.69, 9.17) is 10.8 Å². The third-order valence-corrected chi connectivity index (χ3v) is 3.45. The van der Waals surface area contributed by atoms with Crippen LogP contribution in [0.3, 0.4) is 0 Å². The molecule has 0 radical (unpaired) electrons. The SMILES string of the molecule is CC(C)CC(NC(=O)CC1(N)CCCC1)C(=O)O. The first kappa shape index (κ1) is 15.0. The Labute approximate surface area is 108 Å². The lowest BCUT2D eigenvalue weighted by molar-refractivity contribution is -0.142. The largest absolute Gasteiger partial charge is 0.480 e. The predicted octanol–water partition coefficient (Wildman–Crippen LogP) is 1.26. The number of carbonyl (C=O) groups excluding carboxylic acids is 1. The number of carboxylic acids is 1. The van der Waals surface area contributed by atoms with Crippen molar-refractivity contribution in [1.82, 2.24) is 5.32 Å². The van der Waals surface area contributed by atoms with Gasteiger partial charge in [0.25, 0.3) is 0 Å². The molecule has 0 heterocycles. The fourth-order valence-electron chi connectivity index (χ4n) is 2.51. The molecular weight excluding hydrogens is 232 g/mol. The lowest BCUT2D eigenvalue weighted by Gasteiger charge is -2.24. The first-order valence-corrected chi connectivity index (χ1v) is 6.63. The fraction of sp³-hybridized carbons (Fsp3) is 0.846. The quantitative estimate of drug-likeness (QED) is 0.667. The number of hydrogen-bond acceptors (Lipinski definition) is 3. The first-order valence-electron chi connectivity index (χ1n) is 6.63. The van der Waals surface area contributed by atoms with Crippen molar-refractivity contribution in [3.8, 4) is 0 Å². The maximum absolute atomic E-state index is 11.8. The summed E-state index contributed by atoms with van der Waals surface area (Å²) in [6.07, 6.45) is 4.48. The fourth-order valence-corrected chi connectivity index (χ4v) is 2.51. The number of aliphatic carboxylic acids is 1. The average molecular weight is 256 g/mol. The highest BCUT2D eigenvalue weighted by Gasteiger charge is 2.33. The first-order chi connectivity index (χ1) is 8.32. The van der Waals surface area contributed by atoms with E-state index in [1.807, 2.05) is 13.8 Å². The Kier molecular flexibility index (Phi) is 5.14. The van der Waals surface area contributed by atoms with Crippen molar-refractivity contribution < 1.29 is 14.7 Å². The number of amides is 1. The van der Waals surface area contributed by atoms with Gasteiger partial charge in [-0.2, -0.15) is 0 Å². The Hall–Kier alpha value is -1.10. The van der Waals surface area contributed by atoms with E-state index in [0.717, 1.165) is 25.7 Å². The second-order valence-corrected chi connectivity index (χ2v) is 5.83. The molecule has 0 aromatic heterocycles. The van der Waals surface area contributed by atoms with E-state index in [-0.39, 0.29) is 18.2 Å². The van der Waals surface area contributed by atoms with Gasteiger partial charge in [0.2, 0.25) is 5.91 Å². The van der Waals surface area contributed by atoms with E-state index in [0.29, 0.717) is 6.42 Å². The van der Waals surface area contributed by atoms with Crippen LogP contribution in [0.2, 0.25) is 0 Å². The summed E-state index contributed by atoms with van der Waals surface area (Å²) in [5.41, 5.74) is 5.68. The number of carbonyl (C=O) groups is 2. The van der Waals surface area contributed by atoms with Crippen LogP contribution in [-0.4, -0.2) is 28.6 Å². The molecule has 1 aliphatic rings. The summed E-state index contributed by atoms with van der Waals surface area (Å²) in [4.78, 5) is 22.9. The van der Waals surface area contributed by atoms with Gasteiger partial charge in [-0.3, -0.25) is 4.79 Å². The van der Waals surface area contributed by atoms with Crippen molar-refractivity contribution >= 4 is 11.9 Å². The Bertz CT molecular complexity index is 309. The van der Waals surface area contributed by atoms with Crippen LogP contribution in [0.4, 0.5) is 0 Å². The Morgan fingerprint density at radius 2 is 1.89 bits per heavy atom. The molecule has 1 unspecified atom stereocenters. The van der Waals surface area contributed by atoms with Crippen molar-refractivity contribution in [3.63, 3.8) is 0 Å². The summed E-state index contributed by atoms with van der Waals surface area (Å²) >= 11 is 0. The highest BCUT2D eigenvalue weighted by molar-refractivity contribution is 5.84. The number of rotatable bonds is 6. The zero-order valence-electron chi connectivity index (χ0n) is 11.2. The van der Waals surface area contributed by atoms with E-state index in [9.17, 15) is 9.59 Å². The molecule has 1 aliphatic carbocycles. The topological polar surface area (TPSA) is 92.4 Å². The number of nitrogens with one attached hydrogen (secondary N) is 1. The predicted molar refractivity (Wildman–Crippen MR) is 69.0 cm³/mol.